The van der Waals surface area contributed by atoms with E-state index in [4.69, 9.17) is 0 Å². The van der Waals surface area contributed by atoms with Crippen molar-refractivity contribution in [3.05, 3.63) is 35.3 Å². The number of anilines is 1. The molecule has 0 unspecified atom stereocenters. The molecule has 0 aromatic carbocycles. The van der Waals surface area contributed by atoms with Crippen molar-refractivity contribution in [2.45, 2.75) is 45.3 Å². The Bertz CT molecular complexity index is 603. The van der Waals surface area contributed by atoms with Gasteiger partial charge in [-0.3, -0.25) is 0 Å². The van der Waals surface area contributed by atoms with Crippen molar-refractivity contribution in [2.24, 2.45) is 0 Å². The highest BCUT2D eigenvalue weighted by molar-refractivity contribution is 5.38. The maximum Gasteiger partial charge on any atom is 0.130 e. The summed E-state index contributed by atoms with van der Waals surface area (Å²) in [7, 11) is 0. The first-order valence-electron chi connectivity index (χ1n) is 6.88. The second-order valence-electron chi connectivity index (χ2n) is 5.38. The van der Waals surface area contributed by atoms with Gasteiger partial charge in [0.15, 0.2) is 0 Å². The number of aryl methyl sites for hydroxylation is 2. The first-order valence-corrected chi connectivity index (χ1v) is 6.88. The van der Waals surface area contributed by atoms with Crippen molar-refractivity contribution in [1.82, 2.24) is 19.9 Å². The van der Waals surface area contributed by atoms with Crippen LogP contribution in [0.1, 0.15) is 41.7 Å². The van der Waals surface area contributed by atoms with E-state index in [2.05, 4.69) is 25.3 Å². The Balaban J connectivity index is 1.71. The molecule has 0 amide bonds. The van der Waals surface area contributed by atoms with Crippen LogP contribution < -0.4 is 5.32 Å². The third kappa shape index (κ3) is 2.65. The summed E-state index contributed by atoms with van der Waals surface area (Å²) < 4.78 is 0. The van der Waals surface area contributed by atoms with Crippen molar-refractivity contribution in [3.63, 3.8) is 0 Å². The van der Waals surface area contributed by atoms with Gasteiger partial charge >= 0.3 is 0 Å². The minimum Gasteiger partial charge on any atom is -0.393 e. The smallest absolute Gasteiger partial charge is 0.130 e. The van der Waals surface area contributed by atoms with Crippen LogP contribution in [0.3, 0.4) is 0 Å². The number of nitrogens with zero attached hydrogens (tertiary/aromatic N) is 3. The SMILES string of the molecule is Cc1nc(NCc2nc[nH]c2C)cc(C2CC(O)C2)n1. The molecule has 6 heteroatoms. The highest BCUT2D eigenvalue weighted by Gasteiger charge is 2.30. The van der Waals surface area contributed by atoms with E-state index in [1.807, 2.05) is 19.9 Å². The Hall–Kier alpha value is -1.95. The molecule has 0 spiro atoms. The summed E-state index contributed by atoms with van der Waals surface area (Å²) in [6.07, 6.45) is 3.12. The van der Waals surface area contributed by atoms with Crippen LogP contribution in [0.5, 0.6) is 0 Å². The lowest BCUT2D eigenvalue weighted by Crippen LogP contribution is -2.27. The van der Waals surface area contributed by atoms with Gasteiger partial charge in [-0.2, -0.15) is 0 Å². The number of nitrogens with one attached hydrogen (secondary N) is 2. The van der Waals surface area contributed by atoms with E-state index in [1.54, 1.807) is 6.33 Å². The zero-order valence-corrected chi connectivity index (χ0v) is 11.7. The summed E-state index contributed by atoms with van der Waals surface area (Å²) in [4.78, 5) is 16.2. The molecule has 2 aromatic heterocycles. The predicted molar refractivity (Wildman–Crippen MR) is 75.4 cm³/mol. The molecule has 106 valence electrons. The molecule has 6 nitrogen and oxygen atoms in total. The van der Waals surface area contributed by atoms with Gasteiger partial charge in [0, 0.05) is 23.4 Å². The second kappa shape index (κ2) is 5.20. The number of aliphatic hydroxyl groups is 1. The molecule has 1 saturated carbocycles. The molecular weight excluding hydrogens is 254 g/mol. The summed E-state index contributed by atoms with van der Waals surface area (Å²) in [5, 5.41) is 12.7. The van der Waals surface area contributed by atoms with Gasteiger partial charge in [-0.15, -0.1) is 0 Å². The zero-order valence-electron chi connectivity index (χ0n) is 11.7. The second-order valence-corrected chi connectivity index (χ2v) is 5.38. The molecule has 1 aliphatic rings. The van der Waals surface area contributed by atoms with Gasteiger partial charge in [-0.25, -0.2) is 15.0 Å². The Morgan fingerprint density at radius 3 is 2.80 bits per heavy atom. The van der Waals surface area contributed by atoms with Crippen molar-refractivity contribution in [3.8, 4) is 0 Å². The molecule has 3 N–H and O–H groups in total. The zero-order chi connectivity index (χ0) is 14.1. The molecule has 0 aliphatic heterocycles. The van der Waals surface area contributed by atoms with Crippen molar-refractivity contribution >= 4 is 5.82 Å². The topological polar surface area (TPSA) is 86.7 Å². The normalized spacial score (nSPS) is 21.6. The first-order chi connectivity index (χ1) is 9.61. The van der Waals surface area contributed by atoms with Gasteiger partial charge in [0.25, 0.3) is 0 Å². The van der Waals surface area contributed by atoms with E-state index < -0.39 is 0 Å². The fourth-order valence-corrected chi connectivity index (χ4v) is 2.46. The molecule has 3 rings (SSSR count). The summed E-state index contributed by atoms with van der Waals surface area (Å²) in [5.74, 6) is 1.93. The average molecular weight is 273 g/mol. The summed E-state index contributed by atoms with van der Waals surface area (Å²) in [5.41, 5.74) is 3.07. The highest BCUT2D eigenvalue weighted by Crippen LogP contribution is 2.36. The molecule has 20 heavy (non-hydrogen) atoms. The molecule has 1 aliphatic carbocycles. The van der Waals surface area contributed by atoms with Gasteiger partial charge in [-0.05, 0) is 26.7 Å². The largest absolute Gasteiger partial charge is 0.393 e. The van der Waals surface area contributed by atoms with Crippen LogP contribution in [0.2, 0.25) is 0 Å². The number of aromatic amines is 1. The number of aromatic nitrogens is 4. The molecule has 2 heterocycles. The van der Waals surface area contributed by atoms with Crippen LogP contribution in [0, 0.1) is 13.8 Å². The first kappa shape index (κ1) is 13.1. The maximum absolute atomic E-state index is 9.41. The van der Waals surface area contributed by atoms with E-state index in [0.29, 0.717) is 12.5 Å². The summed E-state index contributed by atoms with van der Waals surface area (Å²) >= 11 is 0. The summed E-state index contributed by atoms with van der Waals surface area (Å²) in [6, 6.07) is 1.98. The van der Waals surface area contributed by atoms with Crippen molar-refractivity contribution < 1.29 is 5.11 Å². The van der Waals surface area contributed by atoms with E-state index in [0.717, 1.165) is 41.6 Å². The molecule has 0 saturated heterocycles. The van der Waals surface area contributed by atoms with Crippen LogP contribution in [0.25, 0.3) is 0 Å². The van der Waals surface area contributed by atoms with Crippen molar-refractivity contribution in [2.75, 3.05) is 5.32 Å². The van der Waals surface area contributed by atoms with Crippen LogP contribution >= 0.6 is 0 Å². The van der Waals surface area contributed by atoms with Crippen LogP contribution in [0.4, 0.5) is 5.82 Å². The van der Waals surface area contributed by atoms with Gasteiger partial charge in [-0.1, -0.05) is 0 Å². The van der Waals surface area contributed by atoms with Gasteiger partial charge in [0.05, 0.1) is 24.7 Å². The Kier molecular flexibility index (Phi) is 3.40. The number of hydrogen-bond acceptors (Lipinski definition) is 5. The minimum absolute atomic E-state index is 0.168. The lowest BCUT2D eigenvalue weighted by atomic mass is 9.80. The Morgan fingerprint density at radius 2 is 2.15 bits per heavy atom. The molecule has 2 aromatic rings. The third-order valence-electron chi connectivity index (χ3n) is 3.76. The number of rotatable bonds is 4. The van der Waals surface area contributed by atoms with Crippen LogP contribution in [0.15, 0.2) is 12.4 Å². The maximum atomic E-state index is 9.41. The number of imidazole rings is 1. The molecule has 0 radical (unpaired) electrons. The summed E-state index contributed by atoms with van der Waals surface area (Å²) in [6.45, 7) is 4.53. The fourth-order valence-electron chi connectivity index (χ4n) is 2.46. The van der Waals surface area contributed by atoms with E-state index in [9.17, 15) is 5.11 Å². The third-order valence-corrected chi connectivity index (χ3v) is 3.76. The molecule has 0 bridgehead atoms. The van der Waals surface area contributed by atoms with Crippen LogP contribution in [-0.4, -0.2) is 31.1 Å². The number of H-pyrrole nitrogens is 1. The van der Waals surface area contributed by atoms with E-state index >= 15 is 0 Å². The Labute approximate surface area is 117 Å². The lowest BCUT2D eigenvalue weighted by Gasteiger charge is -2.31. The van der Waals surface area contributed by atoms with Crippen LogP contribution in [-0.2, 0) is 6.54 Å². The minimum atomic E-state index is -0.168. The van der Waals surface area contributed by atoms with E-state index in [1.165, 1.54) is 0 Å². The molecule has 0 atom stereocenters. The fraction of sp³-hybridized carbons (Fsp3) is 0.500. The molecular formula is C14H19N5O. The predicted octanol–water partition coefficient (Wildman–Crippen LogP) is 1.67. The Morgan fingerprint density at radius 1 is 1.35 bits per heavy atom. The standard InChI is InChI=1S/C14H19N5O/c1-8-13(17-7-16-8)6-15-14-5-12(18-9(2)19-14)10-3-11(20)4-10/h5,7,10-11,20H,3-4,6H2,1-2H3,(H,16,17)(H,15,18,19). The quantitative estimate of drug-likeness (QED) is 0.788. The van der Waals surface area contributed by atoms with Gasteiger partial charge in [0.1, 0.15) is 11.6 Å². The molecule has 1 fully saturated rings. The highest BCUT2D eigenvalue weighted by atomic mass is 16.3. The van der Waals surface area contributed by atoms with E-state index in [-0.39, 0.29) is 6.10 Å². The number of aliphatic hydroxyl groups excluding tert-OH is 1. The monoisotopic (exact) mass is 273 g/mol. The number of hydrogen-bond donors (Lipinski definition) is 3. The van der Waals surface area contributed by atoms with Gasteiger partial charge < -0.3 is 15.4 Å². The average Bonchev–Trinajstić information content (AvgIpc) is 2.77. The van der Waals surface area contributed by atoms with Crippen molar-refractivity contribution in [1.29, 1.82) is 0 Å². The lowest BCUT2D eigenvalue weighted by molar-refractivity contribution is 0.0731. The van der Waals surface area contributed by atoms with Gasteiger partial charge in [0.2, 0.25) is 0 Å².